The van der Waals surface area contributed by atoms with Crippen molar-refractivity contribution in [2.45, 2.75) is 29.4 Å². The number of para-hydroxylation sites is 1. The SMILES string of the molecule is O=C1Nc2ccccc2S[C@H]1CC(=O)N1CCCC1. The monoisotopic (exact) mass is 276 g/mol. The second-order valence-corrected chi connectivity index (χ2v) is 6.13. The van der Waals surface area contributed by atoms with Crippen LogP contribution in [-0.4, -0.2) is 35.1 Å². The van der Waals surface area contributed by atoms with E-state index in [1.807, 2.05) is 29.2 Å². The van der Waals surface area contributed by atoms with Crippen LogP contribution in [0.2, 0.25) is 0 Å². The molecule has 0 saturated carbocycles. The van der Waals surface area contributed by atoms with E-state index in [1.165, 1.54) is 11.8 Å². The summed E-state index contributed by atoms with van der Waals surface area (Å²) >= 11 is 1.49. The minimum atomic E-state index is -0.303. The molecule has 2 aliphatic rings. The lowest BCUT2D eigenvalue weighted by Gasteiger charge is -2.25. The van der Waals surface area contributed by atoms with E-state index in [-0.39, 0.29) is 17.1 Å². The maximum atomic E-state index is 12.1. The standard InChI is InChI=1S/C14H16N2O2S/c17-13(16-7-3-4-8-16)9-12-14(18)15-10-5-1-2-6-11(10)19-12/h1-2,5-6,12H,3-4,7-9H2,(H,15,18)/t12-/m0/s1. The first-order valence-corrected chi connectivity index (χ1v) is 7.46. The van der Waals surface area contributed by atoms with Crippen molar-refractivity contribution in [3.05, 3.63) is 24.3 Å². The molecule has 0 radical (unpaired) electrons. The Labute approximate surface area is 116 Å². The van der Waals surface area contributed by atoms with Gasteiger partial charge in [0.2, 0.25) is 11.8 Å². The third-order valence-electron chi connectivity index (χ3n) is 3.53. The van der Waals surface area contributed by atoms with E-state index in [9.17, 15) is 9.59 Å². The maximum absolute atomic E-state index is 12.1. The molecule has 0 aliphatic carbocycles. The minimum absolute atomic E-state index is 0.0590. The second-order valence-electron chi connectivity index (χ2n) is 4.88. The summed E-state index contributed by atoms with van der Waals surface area (Å²) < 4.78 is 0. The van der Waals surface area contributed by atoms with E-state index in [0.717, 1.165) is 36.5 Å². The van der Waals surface area contributed by atoms with Crippen LogP contribution in [0, 0.1) is 0 Å². The smallest absolute Gasteiger partial charge is 0.238 e. The highest BCUT2D eigenvalue weighted by molar-refractivity contribution is 8.01. The summed E-state index contributed by atoms with van der Waals surface area (Å²) in [7, 11) is 0. The van der Waals surface area contributed by atoms with Crippen molar-refractivity contribution >= 4 is 29.3 Å². The average Bonchev–Trinajstić information content (AvgIpc) is 2.93. The summed E-state index contributed by atoms with van der Waals surface area (Å²) in [5.74, 6) is 0.0424. The number of carbonyl (C=O) groups is 2. The Bertz CT molecular complexity index is 512. The van der Waals surface area contributed by atoms with E-state index in [0.29, 0.717) is 6.42 Å². The number of nitrogens with zero attached hydrogens (tertiary/aromatic N) is 1. The van der Waals surface area contributed by atoms with E-state index in [4.69, 9.17) is 0 Å². The molecular weight excluding hydrogens is 260 g/mol. The van der Waals surface area contributed by atoms with Crippen LogP contribution in [0.25, 0.3) is 0 Å². The Hall–Kier alpha value is -1.49. The molecule has 3 rings (SSSR count). The molecule has 5 heteroatoms. The number of fused-ring (bicyclic) bond motifs is 1. The maximum Gasteiger partial charge on any atom is 0.238 e. The topological polar surface area (TPSA) is 49.4 Å². The van der Waals surface area contributed by atoms with Crippen LogP contribution < -0.4 is 5.32 Å². The highest BCUT2D eigenvalue weighted by atomic mass is 32.2. The van der Waals surface area contributed by atoms with Gasteiger partial charge >= 0.3 is 0 Å². The summed E-state index contributed by atoms with van der Waals surface area (Å²) in [5.41, 5.74) is 0.849. The number of amides is 2. The van der Waals surface area contributed by atoms with Crippen molar-refractivity contribution in [2.24, 2.45) is 0 Å². The first-order valence-electron chi connectivity index (χ1n) is 6.58. The number of rotatable bonds is 2. The number of anilines is 1. The van der Waals surface area contributed by atoms with Crippen LogP contribution in [0.5, 0.6) is 0 Å². The van der Waals surface area contributed by atoms with Gasteiger partial charge in [-0.25, -0.2) is 0 Å². The van der Waals surface area contributed by atoms with Gasteiger partial charge in [0.15, 0.2) is 0 Å². The summed E-state index contributed by atoms with van der Waals surface area (Å²) in [6, 6.07) is 7.71. The lowest BCUT2D eigenvalue weighted by molar-refractivity contribution is -0.131. The largest absolute Gasteiger partial charge is 0.343 e. The zero-order chi connectivity index (χ0) is 13.2. The van der Waals surface area contributed by atoms with Gasteiger partial charge in [0, 0.05) is 24.4 Å². The van der Waals surface area contributed by atoms with Gasteiger partial charge in [-0.2, -0.15) is 0 Å². The number of nitrogens with one attached hydrogen (secondary N) is 1. The minimum Gasteiger partial charge on any atom is -0.343 e. The van der Waals surface area contributed by atoms with Gasteiger partial charge in [-0.15, -0.1) is 11.8 Å². The van der Waals surface area contributed by atoms with Crippen molar-refractivity contribution < 1.29 is 9.59 Å². The molecule has 1 N–H and O–H groups in total. The van der Waals surface area contributed by atoms with E-state index >= 15 is 0 Å². The Balaban J connectivity index is 1.69. The average molecular weight is 276 g/mol. The molecule has 1 saturated heterocycles. The summed E-state index contributed by atoms with van der Waals surface area (Å²) in [6.07, 6.45) is 2.46. The van der Waals surface area contributed by atoms with Gasteiger partial charge in [0.1, 0.15) is 0 Å². The molecule has 1 fully saturated rings. The van der Waals surface area contributed by atoms with Crippen molar-refractivity contribution in [2.75, 3.05) is 18.4 Å². The molecule has 2 heterocycles. The number of thioether (sulfide) groups is 1. The van der Waals surface area contributed by atoms with Crippen LogP contribution in [-0.2, 0) is 9.59 Å². The van der Waals surface area contributed by atoms with Gasteiger partial charge < -0.3 is 10.2 Å². The van der Waals surface area contributed by atoms with Gasteiger partial charge in [0.05, 0.1) is 10.9 Å². The van der Waals surface area contributed by atoms with Crippen LogP contribution >= 0.6 is 11.8 Å². The van der Waals surface area contributed by atoms with E-state index in [1.54, 1.807) is 0 Å². The molecule has 1 atom stereocenters. The Morgan fingerprint density at radius 2 is 2.05 bits per heavy atom. The lowest BCUT2D eigenvalue weighted by Crippen LogP contribution is -2.36. The third-order valence-corrected chi connectivity index (χ3v) is 4.80. The Morgan fingerprint density at radius 3 is 2.84 bits per heavy atom. The molecule has 19 heavy (non-hydrogen) atoms. The fourth-order valence-electron chi connectivity index (χ4n) is 2.48. The van der Waals surface area contributed by atoms with Crippen molar-refractivity contribution in [3.8, 4) is 0 Å². The quantitative estimate of drug-likeness (QED) is 0.900. The predicted octanol–water partition coefficient (Wildman–Crippen LogP) is 2.11. The molecule has 0 aromatic heterocycles. The number of hydrogen-bond donors (Lipinski definition) is 1. The molecule has 4 nitrogen and oxygen atoms in total. The van der Waals surface area contributed by atoms with Crippen LogP contribution in [0.3, 0.4) is 0 Å². The van der Waals surface area contributed by atoms with Crippen LogP contribution in [0.4, 0.5) is 5.69 Å². The van der Waals surface area contributed by atoms with Crippen molar-refractivity contribution in [1.82, 2.24) is 4.90 Å². The van der Waals surface area contributed by atoms with Crippen molar-refractivity contribution in [1.29, 1.82) is 0 Å². The number of hydrogen-bond acceptors (Lipinski definition) is 3. The molecule has 1 aromatic carbocycles. The summed E-state index contributed by atoms with van der Waals surface area (Å²) in [4.78, 5) is 27.0. The van der Waals surface area contributed by atoms with Crippen LogP contribution in [0.15, 0.2) is 29.2 Å². The van der Waals surface area contributed by atoms with E-state index in [2.05, 4.69) is 5.32 Å². The fourth-order valence-corrected chi connectivity index (χ4v) is 3.58. The first kappa shape index (κ1) is 12.5. The Kier molecular flexibility index (Phi) is 3.46. The zero-order valence-electron chi connectivity index (χ0n) is 10.6. The number of benzene rings is 1. The fraction of sp³-hybridized carbons (Fsp3) is 0.429. The normalized spacial score (nSPS) is 22.0. The van der Waals surface area contributed by atoms with Crippen LogP contribution in [0.1, 0.15) is 19.3 Å². The first-order chi connectivity index (χ1) is 9.24. The summed E-state index contributed by atoms with van der Waals surface area (Å²) in [6.45, 7) is 1.68. The number of carbonyl (C=O) groups excluding carboxylic acids is 2. The molecule has 0 unspecified atom stereocenters. The second kappa shape index (κ2) is 5.25. The van der Waals surface area contributed by atoms with Crippen molar-refractivity contribution in [3.63, 3.8) is 0 Å². The highest BCUT2D eigenvalue weighted by Crippen LogP contribution is 2.36. The number of likely N-dealkylation sites (tertiary alicyclic amines) is 1. The molecule has 2 amide bonds. The lowest BCUT2D eigenvalue weighted by atomic mass is 10.2. The predicted molar refractivity (Wildman–Crippen MR) is 75.1 cm³/mol. The van der Waals surface area contributed by atoms with Gasteiger partial charge in [-0.3, -0.25) is 9.59 Å². The van der Waals surface area contributed by atoms with E-state index < -0.39 is 0 Å². The highest BCUT2D eigenvalue weighted by Gasteiger charge is 2.30. The molecule has 100 valence electrons. The molecule has 0 spiro atoms. The Morgan fingerprint density at radius 1 is 1.32 bits per heavy atom. The van der Waals surface area contributed by atoms with Gasteiger partial charge in [-0.05, 0) is 25.0 Å². The zero-order valence-corrected chi connectivity index (χ0v) is 11.4. The molecular formula is C14H16N2O2S. The summed E-state index contributed by atoms with van der Waals surface area (Å²) in [5, 5.41) is 2.57. The van der Waals surface area contributed by atoms with Gasteiger partial charge in [-0.1, -0.05) is 12.1 Å². The molecule has 1 aromatic rings. The van der Waals surface area contributed by atoms with Gasteiger partial charge in [0.25, 0.3) is 0 Å². The third kappa shape index (κ3) is 2.61. The molecule has 2 aliphatic heterocycles. The molecule has 0 bridgehead atoms.